The number of hydrogen-bond donors (Lipinski definition) is 3. The van der Waals surface area contributed by atoms with Gasteiger partial charge in [-0.3, -0.25) is 23.4 Å². The quantitative estimate of drug-likeness (QED) is 0.0230. The van der Waals surface area contributed by atoms with Crippen molar-refractivity contribution < 1.29 is 47.5 Å². The summed E-state index contributed by atoms with van der Waals surface area (Å²) < 4.78 is 32.8. The van der Waals surface area contributed by atoms with E-state index in [1.54, 1.807) is 0 Å². The molecule has 0 aromatic carbocycles. The molecule has 11 nitrogen and oxygen atoms in total. The minimum atomic E-state index is -4.71. The summed E-state index contributed by atoms with van der Waals surface area (Å²) in [7, 11) is -4.71. The first kappa shape index (κ1) is 59.2. The molecule has 0 radical (unpaired) electrons. The molecule has 4 N–H and O–H groups in total. The van der Waals surface area contributed by atoms with Crippen LogP contribution in [-0.2, 0) is 37.5 Å². The van der Waals surface area contributed by atoms with Gasteiger partial charge >= 0.3 is 25.7 Å². The fourth-order valence-electron chi connectivity index (χ4n) is 7.28. The maximum absolute atomic E-state index is 12.7. The number of phosphoric ester groups is 1. The molecule has 61 heavy (non-hydrogen) atoms. The van der Waals surface area contributed by atoms with Gasteiger partial charge in [-0.1, -0.05) is 219 Å². The SMILES string of the molecule is CCCC/C=C/CCCCCCCCCCCC(=O)O[C@@H](COC(=O)CCCCCCCCCCCCCCCCCCCCCCCC)COP(=O)(O)OC[C@@H](N)C(=O)O. The van der Waals surface area contributed by atoms with Crippen molar-refractivity contribution in [1.82, 2.24) is 0 Å². The number of phosphoric acid groups is 1. The monoisotopic (exact) mass is 888 g/mol. The van der Waals surface area contributed by atoms with Crippen molar-refractivity contribution in [3.8, 4) is 0 Å². The Balaban J connectivity index is 4.17. The number of carboxylic acid groups (broad SMARTS) is 1. The minimum Gasteiger partial charge on any atom is -0.480 e. The van der Waals surface area contributed by atoms with E-state index in [4.69, 9.17) is 24.8 Å². The normalized spacial score (nSPS) is 13.6. The first-order chi connectivity index (χ1) is 29.6. The van der Waals surface area contributed by atoms with Crippen molar-refractivity contribution >= 4 is 25.7 Å². The largest absolute Gasteiger partial charge is 0.480 e. The first-order valence-electron chi connectivity index (χ1n) is 25.2. The van der Waals surface area contributed by atoms with Gasteiger partial charge in [0.25, 0.3) is 0 Å². The molecule has 0 spiro atoms. The summed E-state index contributed by atoms with van der Waals surface area (Å²) in [6.45, 7) is 2.82. The molecule has 0 rings (SSSR count). The molecule has 12 heteroatoms. The molecule has 1 unspecified atom stereocenters. The van der Waals surface area contributed by atoms with E-state index in [2.05, 4.69) is 30.5 Å². The fraction of sp³-hybridized carbons (Fsp3) is 0.898. The third-order valence-corrected chi connectivity index (χ3v) is 12.2. The number of carbonyl (C=O) groups excluding carboxylic acids is 2. The molecule has 0 saturated carbocycles. The maximum atomic E-state index is 12.7. The lowest BCUT2D eigenvalue weighted by Crippen LogP contribution is -2.34. The number of esters is 2. The van der Waals surface area contributed by atoms with Crippen LogP contribution in [0.5, 0.6) is 0 Å². The summed E-state index contributed by atoms with van der Waals surface area (Å²) in [5.74, 6) is -2.36. The predicted molar refractivity (Wildman–Crippen MR) is 249 cm³/mol. The van der Waals surface area contributed by atoms with E-state index in [0.717, 1.165) is 38.5 Å². The molecule has 360 valence electrons. The number of aliphatic carboxylic acids is 1. The second-order valence-corrected chi connectivity index (χ2v) is 18.8. The van der Waals surface area contributed by atoms with E-state index in [1.165, 1.54) is 173 Å². The van der Waals surface area contributed by atoms with Gasteiger partial charge < -0.3 is 25.2 Å². The third kappa shape index (κ3) is 44.6. The standard InChI is InChI=1S/C49H94NO10P/c1-3-5-7-9-11-13-15-17-19-20-21-22-23-24-25-27-28-30-32-34-36-38-40-47(51)57-42-45(43-58-61(55,56)59-44-46(50)49(53)54)60-48(52)41-39-37-35-33-31-29-26-18-16-14-12-10-8-6-4-2/h10,12,45-46H,3-9,11,13-44,50H2,1-2H3,(H,53,54)(H,55,56)/b12-10+/t45-,46+/m0/s1. The van der Waals surface area contributed by atoms with Crippen molar-refractivity contribution in [1.29, 1.82) is 0 Å². The molecule has 0 aliphatic rings. The molecule has 0 aromatic heterocycles. The van der Waals surface area contributed by atoms with Gasteiger partial charge in [-0.2, -0.15) is 0 Å². The zero-order chi connectivity index (χ0) is 44.9. The average molecular weight is 888 g/mol. The van der Waals surface area contributed by atoms with Gasteiger partial charge in [-0.05, 0) is 32.1 Å². The van der Waals surface area contributed by atoms with Crippen LogP contribution >= 0.6 is 7.82 Å². The van der Waals surface area contributed by atoms with Crippen molar-refractivity contribution in [2.75, 3.05) is 19.8 Å². The lowest BCUT2D eigenvalue weighted by Gasteiger charge is -2.20. The number of nitrogens with two attached hydrogens (primary N) is 1. The van der Waals surface area contributed by atoms with Crippen LogP contribution in [0.3, 0.4) is 0 Å². The number of allylic oxidation sites excluding steroid dienone is 2. The summed E-state index contributed by atoms with van der Waals surface area (Å²) >= 11 is 0. The highest BCUT2D eigenvalue weighted by molar-refractivity contribution is 7.47. The number of hydrogen-bond acceptors (Lipinski definition) is 9. The molecule has 0 aromatic rings. The van der Waals surface area contributed by atoms with Crippen LogP contribution in [0.15, 0.2) is 12.2 Å². The average Bonchev–Trinajstić information content (AvgIpc) is 3.24. The predicted octanol–water partition coefficient (Wildman–Crippen LogP) is 14.0. The molecular weight excluding hydrogens is 794 g/mol. The summed E-state index contributed by atoms with van der Waals surface area (Å²) in [5, 5.41) is 8.91. The highest BCUT2D eigenvalue weighted by Crippen LogP contribution is 2.43. The Labute approximate surface area is 373 Å². The van der Waals surface area contributed by atoms with Gasteiger partial charge in [-0.15, -0.1) is 0 Å². The van der Waals surface area contributed by atoms with Crippen LogP contribution in [0.4, 0.5) is 0 Å². The van der Waals surface area contributed by atoms with Crippen molar-refractivity contribution in [3.63, 3.8) is 0 Å². The Morgan fingerprint density at radius 2 is 0.836 bits per heavy atom. The number of ether oxygens (including phenoxy) is 2. The Bertz CT molecular complexity index is 1090. The van der Waals surface area contributed by atoms with E-state index < -0.39 is 51.1 Å². The van der Waals surface area contributed by atoms with Crippen LogP contribution in [0.1, 0.15) is 251 Å². The Hall–Kier alpha value is -1.78. The second kappa shape index (κ2) is 44.8. The van der Waals surface area contributed by atoms with Gasteiger partial charge in [0, 0.05) is 12.8 Å². The zero-order valence-electron chi connectivity index (χ0n) is 39.3. The van der Waals surface area contributed by atoms with Gasteiger partial charge in [0.15, 0.2) is 6.10 Å². The van der Waals surface area contributed by atoms with Gasteiger partial charge in [0.05, 0.1) is 13.2 Å². The lowest BCUT2D eigenvalue weighted by molar-refractivity contribution is -0.161. The van der Waals surface area contributed by atoms with E-state index in [-0.39, 0.29) is 19.4 Å². The highest BCUT2D eigenvalue weighted by Gasteiger charge is 2.28. The van der Waals surface area contributed by atoms with Crippen LogP contribution in [0, 0.1) is 0 Å². The second-order valence-electron chi connectivity index (χ2n) is 17.3. The van der Waals surface area contributed by atoms with Gasteiger partial charge in [0.2, 0.25) is 0 Å². The van der Waals surface area contributed by atoms with E-state index in [9.17, 15) is 23.8 Å². The summed E-state index contributed by atoms with van der Waals surface area (Å²) in [4.78, 5) is 46.1. The van der Waals surface area contributed by atoms with Crippen LogP contribution in [0.25, 0.3) is 0 Å². The number of carboxylic acids is 1. The fourth-order valence-corrected chi connectivity index (χ4v) is 8.06. The third-order valence-electron chi connectivity index (χ3n) is 11.3. The van der Waals surface area contributed by atoms with Crippen LogP contribution in [-0.4, -0.2) is 59.9 Å². The molecule has 0 aliphatic carbocycles. The molecular formula is C49H94NO10P. The number of carbonyl (C=O) groups is 3. The summed E-state index contributed by atoms with van der Waals surface area (Å²) in [6.07, 6.45) is 47.1. The topological polar surface area (TPSA) is 172 Å². The number of rotatable bonds is 48. The molecule has 0 heterocycles. The Kier molecular flexibility index (Phi) is 43.5. The van der Waals surface area contributed by atoms with Gasteiger partial charge in [0.1, 0.15) is 12.6 Å². The molecule has 0 fully saturated rings. The van der Waals surface area contributed by atoms with Crippen molar-refractivity contribution in [2.24, 2.45) is 5.73 Å². The first-order valence-corrected chi connectivity index (χ1v) is 26.7. The summed E-state index contributed by atoms with van der Waals surface area (Å²) in [6, 6.07) is -1.52. The highest BCUT2D eigenvalue weighted by atomic mass is 31.2. The van der Waals surface area contributed by atoms with Crippen LogP contribution < -0.4 is 5.73 Å². The molecule has 0 bridgehead atoms. The van der Waals surface area contributed by atoms with Crippen LogP contribution in [0.2, 0.25) is 0 Å². The van der Waals surface area contributed by atoms with E-state index in [0.29, 0.717) is 12.8 Å². The summed E-state index contributed by atoms with van der Waals surface area (Å²) in [5.41, 5.74) is 5.35. The molecule has 0 amide bonds. The smallest absolute Gasteiger partial charge is 0.472 e. The molecule has 3 atom stereocenters. The number of unbranched alkanes of at least 4 members (excludes halogenated alkanes) is 32. The Morgan fingerprint density at radius 3 is 1.25 bits per heavy atom. The van der Waals surface area contributed by atoms with Crippen molar-refractivity contribution in [2.45, 2.75) is 264 Å². The molecule has 0 aliphatic heterocycles. The van der Waals surface area contributed by atoms with Crippen molar-refractivity contribution in [3.05, 3.63) is 12.2 Å². The lowest BCUT2D eigenvalue weighted by atomic mass is 10.0. The maximum Gasteiger partial charge on any atom is 0.472 e. The molecule has 0 saturated heterocycles. The minimum absolute atomic E-state index is 0.163. The Morgan fingerprint density at radius 1 is 0.492 bits per heavy atom. The van der Waals surface area contributed by atoms with Gasteiger partial charge in [-0.25, -0.2) is 4.57 Å². The van der Waals surface area contributed by atoms with E-state index >= 15 is 0 Å². The van der Waals surface area contributed by atoms with E-state index in [1.807, 2.05) is 0 Å². The zero-order valence-corrected chi connectivity index (χ0v) is 40.2.